The first kappa shape index (κ1) is 13.2. The Kier molecular flexibility index (Phi) is 5.47. The number of methoxy groups -OCH3 is 1. The Morgan fingerprint density at radius 1 is 1.12 bits per heavy atom. The van der Waals surface area contributed by atoms with Crippen LogP contribution in [0.4, 0.5) is 0 Å². The summed E-state index contributed by atoms with van der Waals surface area (Å²) in [5.74, 6) is 2.06. The maximum atomic E-state index is 5.13. The van der Waals surface area contributed by atoms with E-state index in [0.717, 1.165) is 11.5 Å². The van der Waals surface area contributed by atoms with Crippen molar-refractivity contribution in [2.45, 2.75) is 32.1 Å². The van der Waals surface area contributed by atoms with Crippen molar-refractivity contribution >= 4 is 11.8 Å². The zero-order valence-electron chi connectivity index (χ0n) is 10.5. The third kappa shape index (κ3) is 4.31. The molecule has 0 bridgehead atoms. The second-order valence-electron chi connectivity index (χ2n) is 4.05. The van der Waals surface area contributed by atoms with E-state index in [1.54, 1.807) is 7.11 Å². The Bertz CT molecular complexity index is 348. The summed E-state index contributed by atoms with van der Waals surface area (Å²) >= 11 is 1.90. The second kappa shape index (κ2) is 6.64. The minimum absolute atomic E-state index is 0.921. The van der Waals surface area contributed by atoms with Crippen LogP contribution in [-0.4, -0.2) is 12.9 Å². The Labute approximate surface area is 103 Å². The summed E-state index contributed by atoms with van der Waals surface area (Å²) in [6, 6.07) is 8.24. The Morgan fingerprint density at radius 2 is 1.75 bits per heavy atom. The summed E-state index contributed by atoms with van der Waals surface area (Å²) in [6.45, 7) is 6.56. The molecule has 0 aromatic heterocycles. The van der Waals surface area contributed by atoms with Gasteiger partial charge in [0.2, 0.25) is 0 Å². The second-order valence-corrected chi connectivity index (χ2v) is 5.22. The van der Waals surface area contributed by atoms with Crippen LogP contribution in [0.25, 0.3) is 0 Å². The maximum absolute atomic E-state index is 5.13. The molecule has 16 heavy (non-hydrogen) atoms. The van der Waals surface area contributed by atoms with E-state index >= 15 is 0 Å². The number of allylic oxidation sites excluding steroid dienone is 2. The topological polar surface area (TPSA) is 9.23 Å². The van der Waals surface area contributed by atoms with E-state index < -0.39 is 0 Å². The number of thioether (sulfide) groups is 1. The molecule has 1 nitrogen and oxygen atoms in total. The monoisotopic (exact) mass is 236 g/mol. The minimum atomic E-state index is 0.921. The van der Waals surface area contributed by atoms with Crippen molar-refractivity contribution in [1.82, 2.24) is 0 Å². The number of benzene rings is 1. The van der Waals surface area contributed by atoms with Gasteiger partial charge in [-0.05, 0) is 51.5 Å². The van der Waals surface area contributed by atoms with Gasteiger partial charge in [-0.25, -0.2) is 0 Å². The van der Waals surface area contributed by atoms with Gasteiger partial charge in [-0.1, -0.05) is 11.1 Å². The SMILES string of the molecule is COc1ccc(SCCC(C)=C(C)C)cc1. The fourth-order valence-electron chi connectivity index (χ4n) is 1.24. The van der Waals surface area contributed by atoms with Gasteiger partial charge in [0.25, 0.3) is 0 Å². The third-order valence-corrected chi connectivity index (χ3v) is 3.67. The maximum Gasteiger partial charge on any atom is 0.118 e. The van der Waals surface area contributed by atoms with Gasteiger partial charge in [0.15, 0.2) is 0 Å². The summed E-state index contributed by atoms with van der Waals surface area (Å²) < 4.78 is 5.13. The number of hydrogen-bond acceptors (Lipinski definition) is 2. The van der Waals surface area contributed by atoms with E-state index in [2.05, 4.69) is 32.9 Å². The normalized spacial score (nSPS) is 10.0. The molecular weight excluding hydrogens is 216 g/mol. The highest BCUT2D eigenvalue weighted by Gasteiger charge is 1.97. The highest BCUT2D eigenvalue weighted by atomic mass is 32.2. The minimum Gasteiger partial charge on any atom is -0.497 e. The molecule has 2 heteroatoms. The molecule has 0 heterocycles. The van der Waals surface area contributed by atoms with Crippen LogP contribution >= 0.6 is 11.8 Å². The van der Waals surface area contributed by atoms with E-state index in [1.165, 1.54) is 22.5 Å². The van der Waals surface area contributed by atoms with Crippen molar-refractivity contribution in [3.63, 3.8) is 0 Å². The van der Waals surface area contributed by atoms with Crippen molar-refractivity contribution in [1.29, 1.82) is 0 Å². The van der Waals surface area contributed by atoms with Crippen LogP contribution in [0.15, 0.2) is 40.3 Å². The average molecular weight is 236 g/mol. The van der Waals surface area contributed by atoms with Crippen molar-refractivity contribution in [3.8, 4) is 5.75 Å². The lowest BCUT2D eigenvalue weighted by Gasteiger charge is -2.05. The van der Waals surface area contributed by atoms with E-state index in [4.69, 9.17) is 4.74 Å². The Balaban J connectivity index is 2.40. The molecule has 1 aromatic rings. The smallest absolute Gasteiger partial charge is 0.118 e. The van der Waals surface area contributed by atoms with Gasteiger partial charge < -0.3 is 4.74 Å². The largest absolute Gasteiger partial charge is 0.497 e. The average Bonchev–Trinajstić information content (AvgIpc) is 2.29. The first-order chi connectivity index (χ1) is 7.63. The van der Waals surface area contributed by atoms with Crippen LogP contribution in [0.5, 0.6) is 5.75 Å². The van der Waals surface area contributed by atoms with E-state index in [9.17, 15) is 0 Å². The number of ether oxygens (including phenoxy) is 1. The molecule has 0 aliphatic carbocycles. The van der Waals surface area contributed by atoms with Crippen LogP contribution in [0.1, 0.15) is 27.2 Å². The highest BCUT2D eigenvalue weighted by molar-refractivity contribution is 7.99. The quantitative estimate of drug-likeness (QED) is 0.548. The molecule has 0 radical (unpaired) electrons. The summed E-state index contributed by atoms with van der Waals surface area (Å²) in [4.78, 5) is 1.31. The van der Waals surface area contributed by atoms with Gasteiger partial charge in [0, 0.05) is 10.6 Å². The predicted octanol–water partition coefficient (Wildman–Crippen LogP) is 4.53. The summed E-state index contributed by atoms with van der Waals surface area (Å²) in [7, 11) is 1.69. The van der Waals surface area contributed by atoms with Crippen LogP contribution in [0, 0.1) is 0 Å². The summed E-state index contributed by atoms with van der Waals surface area (Å²) in [5, 5.41) is 0. The standard InChI is InChI=1S/C14H20OS/c1-11(2)12(3)9-10-16-14-7-5-13(15-4)6-8-14/h5-8H,9-10H2,1-4H3. The number of hydrogen-bond donors (Lipinski definition) is 0. The molecule has 0 N–H and O–H groups in total. The van der Waals surface area contributed by atoms with Crippen molar-refractivity contribution in [2.24, 2.45) is 0 Å². The molecule has 0 saturated carbocycles. The van der Waals surface area contributed by atoms with Gasteiger partial charge in [-0.2, -0.15) is 0 Å². The third-order valence-electron chi connectivity index (χ3n) is 2.66. The van der Waals surface area contributed by atoms with Crippen LogP contribution < -0.4 is 4.74 Å². The molecule has 0 saturated heterocycles. The van der Waals surface area contributed by atoms with Gasteiger partial charge in [0.05, 0.1) is 7.11 Å². The zero-order chi connectivity index (χ0) is 12.0. The predicted molar refractivity (Wildman–Crippen MR) is 72.4 cm³/mol. The Hall–Kier alpha value is -0.890. The zero-order valence-corrected chi connectivity index (χ0v) is 11.4. The summed E-state index contributed by atoms with van der Waals surface area (Å²) in [6.07, 6.45) is 1.17. The van der Waals surface area contributed by atoms with E-state index in [0.29, 0.717) is 0 Å². The van der Waals surface area contributed by atoms with Crippen molar-refractivity contribution in [3.05, 3.63) is 35.4 Å². The highest BCUT2D eigenvalue weighted by Crippen LogP contribution is 2.23. The summed E-state index contributed by atoms with van der Waals surface area (Å²) in [5.41, 5.74) is 2.94. The van der Waals surface area contributed by atoms with Crippen LogP contribution in [0.3, 0.4) is 0 Å². The van der Waals surface area contributed by atoms with E-state index in [-0.39, 0.29) is 0 Å². The van der Waals surface area contributed by atoms with Gasteiger partial charge >= 0.3 is 0 Å². The molecule has 88 valence electrons. The lowest BCUT2D eigenvalue weighted by atomic mass is 10.1. The lowest BCUT2D eigenvalue weighted by molar-refractivity contribution is 0.414. The Morgan fingerprint density at radius 3 is 2.25 bits per heavy atom. The lowest BCUT2D eigenvalue weighted by Crippen LogP contribution is -1.85. The molecule has 0 atom stereocenters. The number of rotatable bonds is 5. The van der Waals surface area contributed by atoms with Gasteiger partial charge in [-0.15, -0.1) is 11.8 Å². The molecule has 1 aromatic carbocycles. The van der Waals surface area contributed by atoms with Crippen LogP contribution in [-0.2, 0) is 0 Å². The fourth-order valence-corrected chi connectivity index (χ4v) is 2.22. The molecule has 0 spiro atoms. The van der Waals surface area contributed by atoms with Crippen molar-refractivity contribution < 1.29 is 4.74 Å². The first-order valence-corrected chi connectivity index (χ1v) is 6.52. The first-order valence-electron chi connectivity index (χ1n) is 5.53. The fraction of sp³-hybridized carbons (Fsp3) is 0.429. The van der Waals surface area contributed by atoms with Gasteiger partial charge in [0.1, 0.15) is 5.75 Å². The molecular formula is C14H20OS. The molecule has 1 rings (SSSR count). The molecule has 0 fully saturated rings. The molecule has 0 unspecified atom stereocenters. The molecule has 0 amide bonds. The van der Waals surface area contributed by atoms with Crippen LogP contribution in [0.2, 0.25) is 0 Å². The van der Waals surface area contributed by atoms with Crippen molar-refractivity contribution in [2.75, 3.05) is 12.9 Å². The molecule has 0 aliphatic rings. The van der Waals surface area contributed by atoms with E-state index in [1.807, 2.05) is 23.9 Å². The molecule has 0 aliphatic heterocycles. The van der Waals surface area contributed by atoms with Gasteiger partial charge in [-0.3, -0.25) is 0 Å².